The van der Waals surface area contributed by atoms with Crippen LogP contribution in [0.5, 0.6) is 0 Å². The second kappa shape index (κ2) is 10.2. The molecule has 2 heterocycles. The Morgan fingerprint density at radius 3 is 2.65 bits per heavy atom. The van der Waals surface area contributed by atoms with Gasteiger partial charge in [-0.05, 0) is 42.5 Å². The number of amides is 1. The number of likely N-dealkylation sites (tertiary alicyclic amines) is 1. The first-order valence-electron chi connectivity index (χ1n) is 11.6. The zero-order chi connectivity index (χ0) is 24.1. The fraction of sp³-hybridized carbons (Fsp3) is 0.370. The van der Waals surface area contributed by atoms with Crippen molar-refractivity contribution in [3.05, 3.63) is 76.3 Å². The van der Waals surface area contributed by atoms with Crippen LogP contribution >= 0.6 is 0 Å². The number of piperidine rings is 1. The zero-order valence-corrected chi connectivity index (χ0v) is 19.4. The standard InChI is InChI=1S/C27H30N4O3/c1-20(22-7-3-2-4-8-22)16-25(32)30-14-11-27(34,12-15-30)18-31-19-29-24-17-21(6-5-13-28)9-10-23(24)26(31)33/h2-4,7-10,17,19-20,34H,11-16,18,28H2,1H3/t20-/m1/s1. The van der Waals surface area contributed by atoms with E-state index in [1.165, 1.54) is 10.9 Å². The average molecular weight is 459 g/mol. The smallest absolute Gasteiger partial charge is 0.261 e. The molecule has 0 radical (unpaired) electrons. The van der Waals surface area contributed by atoms with Gasteiger partial charge >= 0.3 is 0 Å². The second-order valence-corrected chi connectivity index (χ2v) is 9.04. The molecule has 0 aliphatic carbocycles. The number of benzene rings is 2. The number of nitrogens with two attached hydrogens (primary N) is 1. The Morgan fingerprint density at radius 2 is 1.94 bits per heavy atom. The molecular weight excluding hydrogens is 428 g/mol. The molecule has 3 aromatic rings. The van der Waals surface area contributed by atoms with Gasteiger partial charge in [-0.25, -0.2) is 4.98 Å². The van der Waals surface area contributed by atoms with Crippen LogP contribution in [0.1, 0.15) is 43.2 Å². The van der Waals surface area contributed by atoms with E-state index in [-0.39, 0.29) is 30.5 Å². The lowest BCUT2D eigenvalue weighted by Gasteiger charge is -2.38. The summed E-state index contributed by atoms with van der Waals surface area (Å²) >= 11 is 0. The van der Waals surface area contributed by atoms with Crippen LogP contribution in [0.4, 0.5) is 0 Å². The monoisotopic (exact) mass is 458 g/mol. The van der Waals surface area contributed by atoms with Gasteiger partial charge in [0, 0.05) is 25.1 Å². The molecule has 4 rings (SSSR count). The van der Waals surface area contributed by atoms with Crippen molar-refractivity contribution in [2.24, 2.45) is 5.73 Å². The molecule has 2 aromatic carbocycles. The van der Waals surface area contributed by atoms with Gasteiger partial charge in [0.2, 0.25) is 5.91 Å². The fourth-order valence-electron chi connectivity index (χ4n) is 4.44. The predicted octanol–water partition coefficient (Wildman–Crippen LogP) is 2.25. The zero-order valence-electron chi connectivity index (χ0n) is 19.4. The van der Waals surface area contributed by atoms with Crippen molar-refractivity contribution in [1.29, 1.82) is 0 Å². The lowest BCUT2D eigenvalue weighted by Crippen LogP contribution is -2.49. The molecule has 1 amide bonds. The number of nitrogens with zero attached hydrogens (tertiary/aromatic N) is 3. The molecule has 1 saturated heterocycles. The van der Waals surface area contributed by atoms with Crippen molar-refractivity contribution in [3.63, 3.8) is 0 Å². The number of carbonyl (C=O) groups is 1. The van der Waals surface area contributed by atoms with Crippen molar-refractivity contribution in [2.75, 3.05) is 19.6 Å². The maximum Gasteiger partial charge on any atom is 0.261 e. The summed E-state index contributed by atoms with van der Waals surface area (Å²) in [6.45, 7) is 3.40. The van der Waals surface area contributed by atoms with Crippen LogP contribution in [-0.4, -0.2) is 50.7 Å². The summed E-state index contributed by atoms with van der Waals surface area (Å²) in [7, 11) is 0. The van der Waals surface area contributed by atoms with E-state index in [0.29, 0.717) is 43.3 Å². The van der Waals surface area contributed by atoms with Gasteiger partial charge in [-0.15, -0.1) is 0 Å². The third-order valence-corrected chi connectivity index (χ3v) is 6.52. The summed E-state index contributed by atoms with van der Waals surface area (Å²) in [5.74, 6) is 5.96. The van der Waals surface area contributed by atoms with Crippen LogP contribution in [0, 0.1) is 11.8 Å². The predicted molar refractivity (Wildman–Crippen MR) is 132 cm³/mol. The third kappa shape index (κ3) is 5.36. The quantitative estimate of drug-likeness (QED) is 0.571. The molecule has 1 atom stereocenters. The van der Waals surface area contributed by atoms with E-state index in [4.69, 9.17) is 5.73 Å². The van der Waals surface area contributed by atoms with Crippen LogP contribution in [0.3, 0.4) is 0 Å². The number of fused-ring (bicyclic) bond motifs is 1. The Morgan fingerprint density at radius 1 is 1.21 bits per heavy atom. The topological polar surface area (TPSA) is 101 Å². The minimum atomic E-state index is -1.06. The minimum Gasteiger partial charge on any atom is -0.388 e. The van der Waals surface area contributed by atoms with Gasteiger partial charge in [-0.3, -0.25) is 14.2 Å². The number of aromatic nitrogens is 2. The van der Waals surface area contributed by atoms with Gasteiger partial charge in [0.25, 0.3) is 5.56 Å². The van der Waals surface area contributed by atoms with Gasteiger partial charge in [-0.1, -0.05) is 49.1 Å². The highest BCUT2D eigenvalue weighted by atomic mass is 16.3. The van der Waals surface area contributed by atoms with Gasteiger partial charge in [0.05, 0.1) is 35.9 Å². The van der Waals surface area contributed by atoms with Crippen LogP contribution in [0.15, 0.2) is 59.7 Å². The summed E-state index contributed by atoms with van der Waals surface area (Å²) < 4.78 is 1.46. The maximum absolute atomic E-state index is 13.0. The van der Waals surface area contributed by atoms with Gasteiger partial charge in [0.15, 0.2) is 0 Å². The third-order valence-electron chi connectivity index (χ3n) is 6.52. The summed E-state index contributed by atoms with van der Waals surface area (Å²) in [4.78, 5) is 32.0. The van der Waals surface area contributed by atoms with E-state index in [1.54, 1.807) is 18.2 Å². The molecule has 7 heteroatoms. The molecule has 1 aliphatic heterocycles. The summed E-state index contributed by atoms with van der Waals surface area (Å²) in [6, 6.07) is 15.3. The molecule has 0 bridgehead atoms. The highest BCUT2D eigenvalue weighted by molar-refractivity contribution is 5.79. The van der Waals surface area contributed by atoms with E-state index in [1.807, 2.05) is 35.2 Å². The fourth-order valence-corrected chi connectivity index (χ4v) is 4.44. The summed E-state index contributed by atoms with van der Waals surface area (Å²) in [5, 5.41) is 11.6. The Hall–Kier alpha value is -3.47. The maximum atomic E-state index is 13.0. The molecule has 1 aliphatic rings. The Labute approximate surface area is 199 Å². The van der Waals surface area contributed by atoms with Crippen LogP contribution < -0.4 is 11.3 Å². The van der Waals surface area contributed by atoms with Crippen LogP contribution in [-0.2, 0) is 11.3 Å². The number of aliphatic hydroxyl groups is 1. The number of carbonyl (C=O) groups excluding carboxylic acids is 1. The first kappa shape index (κ1) is 23.7. The summed E-state index contributed by atoms with van der Waals surface area (Å²) in [6.07, 6.45) is 2.74. The van der Waals surface area contributed by atoms with Crippen molar-refractivity contribution in [3.8, 4) is 11.8 Å². The number of hydrogen-bond donors (Lipinski definition) is 2. The van der Waals surface area contributed by atoms with Crippen LogP contribution in [0.2, 0.25) is 0 Å². The molecule has 3 N–H and O–H groups in total. The molecule has 0 spiro atoms. The Balaban J connectivity index is 1.40. The average Bonchev–Trinajstić information content (AvgIpc) is 2.85. The molecular formula is C27H30N4O3. The van der Waals surface area contributed by atoms with Crippen molar-refractivity contribution >= 4 is 16.8 Å². The van der Waals surface area contributed by atoms with E-state index >= 15 is 0 Å². The van der Waals surface area contributed by atoms with Crippen molar-refractivity contribution < 1.29 is 9.90 Å². The molecule has 0 unspecified atom stereocenters. The van der Waals surface area contributed by atoms with E-state index in [2.05, 4.69) is 23.7 Å². The summed E-state index contributed by atoms with van der Waals surface area (Å²) in [5.41, 5.74) is 6.61. The minimum absolute atomic E-state index is 0.0940. The van der Waals surface area contributed by atoms with Crippen molar-refractivity contribution in [2.45, 2.75) is 44.2 Å². The first-order valence-corrected chi connectivity index (χ1v) is 11.6. The number of rotatable bonds is 5. The highest BCUT2D eigenvalue weighted by Crippen LogP contribution is 2.26. The van der Waals surface area contributed by atoms with Crippen molar-refractivity contribution in [1.82, 2.24) is 14.5 Å². The Bertz CT molecular complexity index is 1280. The second-order valence-electron chi connectivity index (χ2n) is 9.04. The molecule has 34 heavy (non-hydrogen) atoms. The van der Waals surface area contributed by atoms with Gasteiger partial charge < -0.3 is 15.7 Å². The van der Waals surface area contributed by atoms with Gasteiger partial charge in [-0.2, -0.15) is 0 Å². The van der Waals surface area contributed by atoms with Gasteiger partial charge in [0.1, 0.15) is 0 Å². The molecule has 1 fully saturated rings. The highest BCUT2D eigenvalue weighted by Gasteiger charge is 2.35. The lowest BCUT2D eigenvalue weighted by molar-refractivity contribution is -0.136. The van der Waals surface area contributed by atoms with Crippen LogP contribution in [0.25, 0.3) is 10.9 Å². The van der Waals surface area contributed by atoms with E-state index < -0.39 is 5.60 Å². The van der Waals surface area contributed by atoms with E-state index in [0.717, 1.165) is 11.1 Å². The SMILES string of the molecule is C[C@H](CC(=O)N1CCC(O)(Cn2cnc3cc(C#CCN)ccc3c2=O)CC1)c1ccccc1. The number of hydrogen-bond acceptors (Lipinski definition) is 5. The molecule has 7 nitrogen and oxygen atoms in total. The Kier molecular flexibility index (Phi) is 7.11. The molecule has 0 saturated carbocycles. The lowest BCUT2D eigenvalue weighted by atomic mass is 9.90. The molecule has 176 valence electrons. The van der Waals surface area contributed by atoms with E-state index in [9.17, 15) is 14.7 Å². The molecule has 1 aromatic heterocycles. The first-order chi connectivity index (χ1) is 16.4. The normalized spacial score (nSPS) is 16.0. The largest absolute Gasteiger partial charge is 0.388 e.